The zero-order chi connectivity index (χ0) is 16.1. The highest BCUT2D eigenvalue weighted by atomic mass is 32.1. The summed E-state index contributed by atoms with van der Waals surface area (Å²) in [6.45, 7) is 0. The first-order valence-corrected chi connectivity index (χ1v) is 7.81. The third-order valence-electron chi connectivity index (χ3n) is 3.28. The van der Waals surface area contributed by atoms with Crippen LogP contribution in [0.1, 0.15) is 16.1 Å². The topological polar surface area (TPSA) is 60.5 Å². The standard InChI is InChI=1S/C19H11N3S/c20-11-15-8-6-14(7-9-15)10-17(12-21)19-22-18(13-23-19)16-4-2-1-3-5-16/h1-10,13H/b17-10-. The molecule has 0 N–H and O–H groups in total. The van der Waals surface area contributed by atoms with E-state index in [0.29, 0.717) is 16.1 Å². The number of nitrogens with zero attached hydrogens (tertiary/aromatic N) is 3. The fraction of sp³-hybridized carbons (Fsp3) is 0. The van der Waals surface area contributed by atoms with Crippen molar-refractivity contribution in [3.63, 3.8) is 0 Å². The van der Waals surface area contributed by atoms with Crippen LogP contribution in [-0.2, 0) is 0 Å². The van der Waals surface area contributed by atoms with Gasteiger partial charge in [-0.3, -0.25) is 0 Å². The van der Waals surface area contributed by atoms with Gasteiger partial charge in [0.1, 0.15) is 11.1 Å². The highest BCUT2D eigenvalue weighted by Crippen LogP contribution is 2.27. The summed E-state index contributed by atoms with van der Waals surface area (Å²) in [4.78, 5) is 4.56. The van der Waals surface area contributed by atoms with Crippen LogP contribution >= 0.6 is 11.3 Å². The number of benzene rings is 2. The average molecular weight is 313 g/mol. The van der Waals surface area contributed by atoms with Gasteiger partial charge in [-0.15, -0.1) is 11.3 Å². The van der Waals surface area contributed by atoms with Crippen LogP contribution in [0.25, 0.3) is 22.9 Å². The molecule has 0 aliphatic carbocycles. The summed E-state index contributed by atoms with van der Waals surface area (Å²) < 4.78 is 0. The normalized spacial score (nSPS) is 10.8. The number of aromatic nitrogens is 1. The summed E-state index contributed by atoms with van der Waals surface area (Å²) >= 11 is 1.45. The van der Waals surface area contributed by atoms with Gasteiger partial charge in [-0.1, -0.05) is 42.5 Å². The van der Waals surface area contributed by atoms with Crippen molar-refractivity contribution in [1.82, 2.24) is 4.98 Å². The van der Waals surface area contributed by atoms with E-state index >= 15 is 0 Å². The van der Waals surface area contributed by atoms with Gasteiger partial charge in [0.05, 0.1) is 22.9 Å². The molecule has 0 radical (unpaired) electrons. The Morgan fingerprint density at radius 2 is 1.74 bits per heavy atom. The first-order valence-electron chi connectivity index (χ1n) is 6.93. The second kappa shape index (κ2) is 6.70. The zero-order valence-electron chi connectivity index (χ0n) is 12.1. The second-order valence-corrected chi connectivity index (χ2v) is 5.67. The summed E-state index contributed by atoms with van der Waals surface area (Å²) in [5, 5.41) is 20.9. The van der Waals surface area contributed by atoms with Crippen LogP contribution in [0.3, 0.4) is 0 Å². The molecule has 0 atom stereocenters. The monoisotopic (exact) mass is 313 g/mol. The van der Waals surface area contributed by atoms with Gasteiger partial charge in [-0.05, 0) is 23.8 Å². The zero-order valence-corrected chi connectivity index (χ0v) is 12.9. The molecule has 0 aliphatic rings. The van der Waals surface area contributed by atoms with Crippen molar-refractivity contribution in [2.24, 2.45) is 0 Å². The van der Waals surface area contributed by atoms with Crippen molar-refractivity contribution in [3.05, 3.63) is 76.1 Å². The molecule has 1 aromatic heterocycles. The highest BCUT2D eigenvalue weighted by molar-refractivity contribution is 7.11. The summed E-state index contributed by atoms with van der Waals surface area (Å²) in [7, 11) is 0. The first kappa shape index (κ1) is 14.7. The Morgan fingerprint density at radius 1 is 1.00 bits per heavy atom. The summed E-state index contributed by atoms with van der Waals surface area (Å²) in [5.74, 6) is 0. The number of nitriles is 2. The molecule has 4 heteroatoms. The minimum absolute atomic E-state index is 0.516. The molecule has 0 bridgehead atoms. The SMILES string of the molecule is N#C/C(=C/c1ccc(C#N)cc1)c1nc(-c2ccccc2)cs1. The van der Waals surface area contributed by atoms with Crippen LogP contribution < -0.4 is 0 Å². The van der Waals surface area contributed by atoms with Crippen LogP contribution in [0.2, 0.25) is 0 Å². The van der Waals surface area contributed by atoms with Crippen molar-refractivity contribution < 1.29 is 0 Å². The van der Waals surface area contributed by atoms with E-state index in [1.54, 1.807) is 18.2 Å². The summed E-state index contributed by atoms with van der Waals surface area (Å²) in [6, 6.07) is 21.3. The van der Waals surface area contributed by atoms with Crippen molar-refractivity contribution in [2.75, 3.05) is 0 Å². The third-order valence-corrected chi connectivity index (χ3v) is 4.15. The summed E-state index contributed by atoms with van der Waals surface area (Å²) in [5.41, 5.74) is 3.89. The van der Waals surface area contributed by atoms with Gasteiger partial charge < -0.3 is 0 Å². The molecule has 0 saturated heterocycles. The number of thiazole rings is 1. The van der Waals surface area contributed by atoms with E-state index < -0.39 is 0 Å². The molecule has 23 heavy (non-hydrogen) atoms. The van der Waals surface area contributed by atoms with E-state index in [4.69, 9.17) is 5.26 Å². The van der Waals surface area contributed by atoms with E-state index in [1.165, 1.54) is 11.3 Å². The Labute approximate surface area is 138 Å². The molecule has 108 valence electrons. The smallest absolute Gasteiger partial charge is 0.134 e. The van der Waals surface area contributed by atoms with Crippen molar-refractivity contribution >= 4 is 23.0 Å². The molecule has 3 aromatic rings. The highest BCUT2D eigenvalue weighted by Gasteiger charge is 2.08. The van der Waals surface area contributed by atoms with Gasteiger partial charge in [-0.2, -0.15) is 10.5 Å². The lowest BCUT2D eigenvalue weighted by Gasteiger charge is -1.97. The van der Waals surface area contributed by atoms with Crippen molar-refractivity contribution in [2.45, 2.75) is 0 Å². The van der Waals surface area contributed by atoms with Gasteiger partial charge in [0.15, 0.2) is 0 Å². The van der Waals surface area contributed by atoms with Crippen LogP contribution in [0.15, 0.2) is 60.0 Å². The van der Waals surface area contributed by atoms with Gasteiger partial charge in [0, 0.05) is 10.9 Å². The third kappa shape index (κ3) is 3.35. The molecule has 0 saturated carbocycles. The van der Waals surface area contributed by atoms with Crippen molar-refractivity contribution in [3.8, 4) is 23.4 Å². The van der Waals surface area contributed by atoms with E-state index in [9.17, 15) is 5.26 Å². The molecule has 3 rings (SSSR count). The molecule has 0 amide bonds. The quantitative estimate of drug-likeness (QED) is 0.656. The number of hydrogen-bond acceptors (Lipinski definition) is 4. The fourth-order valence-electron chi connectivity index (χ4n) is 2.10. The lowest BCUT2D eigenvalue weighted by molar-refractivity contribution is 1.37. The average Bonchev–Trinajstić information content (AvgIpc) is 3.11. The number of allylic oxidation sites excluding steroid dienone is 1. The molecule has 1 heterocycles. The molecule has 0 fully saturated rings. The van der Waals surface area contributed by atoms with E-state index in [1.807, 2.05) is 47.8 Å². The van der Waals surface area contributed by atoms with E-state index in [2.05, 4.69) is 17.1 Å². The predicted molar refractivity (Wildman–Crippen MR) is 92.2 cm³/mol. The Bertz CT molecular complexity index is 923. The largest absolute Gasteiger partial charge is 0.235 e. The number of rotatable bonds is 3. The number of hydrogen-bond donors (Lipinski definition) is 0. The predicted octanol–water partition coefficient (Wildman–Crippen LogP) is 4.75. The maximum atomic E-state index is 9.42. The molecular weight excluding hydrogens is 302 g/mol. The van der Waals surface area contributed by atoms with Crippen molar-refractivity contribution in [1.29, 1.82) is 10.5 Å². The molecule has 0 spiro atoms. The van der Waals surface area contributed by atoms with Crippen LogP contribution in [-0.4, -0.2) is 4.98 Å². The van der Waals surface area contributed by atoms with Gasteiger partial charge in [0.2, 0.25) is 0 Å². The molecular formula is C19H11N3S. The summed E-state index contributed by atoms with van der Waals surface area (Å²) in [6.07, 6.45) is 1.79. The van der Waals surface area contributed by atoms with E-state index in [0.717, 1.165) is 16.8 Å². The minimum atomic E-state index is 0.516. The minimum Gasteiger partial charge on any atom is -0.235 e. The second-order valence-electron chi connectivity index (χ2n) is 4.81. The van der Waals surface area contributed by atoms with Gasteiger partial charge in [0.25, 0.3) is 0 Å². The lowest BCUT2D eigenvalue weighted by atomic mass is 10.1. The first-order chi connectivity index (χ1) is 11.3. The fourth-order valence-corrected chi connectivity index (χ4v) is 2.90. The maximum Gasteiger partial charge on any atom is 0.134 e. The lowest BCUT2D eigenvalue weighted by Crippen LogP contribution is -1.83. The Balaban J connectivity index is 1.92. The molecule has 0 aliphatic heterocycles. The Kier molecular flexibility index (Phi) is 4.29. The molecule has 2 aromatic carbocycles. The Hall–Kier alpha value is -3.21. The van der Waals surface area contributed by atoms with Crippen LogP contribution in [0.5, 0.6) is 0 Å². The maximum absolute atomic E-state index is 9.42. The van der Waals surface area contributed by atoms with Crippen LogP contribution in [0, 0.1) is 22.7 Å². The Morgan fingerprint density at radius 3 is 2.39 bits per heavy atom. The van der Waals surface area contributed by atoms with E-state index in [-0.39, 0.29) is 0 Å². The molecule has 3 nitrogen and oxygen atoms in total. The van der Waals surface area contributed by atoms with Gasteiger partial charge >= 0.3 is 0 Å². The van der Waals surface area contributed by atoms with Crippen LogP contribution in [0.4, 0.5) is 0 Å². The van der Waals surface area contributed by atoms with Gasteiger partial charge in [-0.25, -0.2) is 4.98 Å². The molecule has 0 unspecified atom stereocenters.